The molecule has 0 rings (SSSR count). The molecule has 0 spiro atoms. The summed E-state index contributed by atoms with van der Waals surface area (Å²) >= 11 is 0. The first kappa shape index (κ1) is 39.5. The Bertz CT molecular complexity index is 381. The summed E-state index contributed by atoms with van der Waals surface area (Å²) in [6.45, 7) is 0. The topological polar surface area (TPSA) is 80.3 Å². The van der Waals surface area contributed by atoms with Crippen LogP contribution in [0.25, 0.3) is 0 Å². The van der Waals surface area contributed by atoms with Crippen LogP contribution in [-0.2, 0) is 9.59 Å². The number of carbonyl (C=O) groups is 2. The number of carboxylic acids is 2. The predicted molar refractivity (Wildman–Crippen MR) is 130 cm³/mol. The van der Waals surface area contributed by atoms with Crippen molar-refractivity contribution in [3.05, 3.63) is 0 Å². The van der Waals surface area contributed by atoms with Crippen molar-refractivity contribution < 1.29 is 78.9 Å². The quantitative estimate of drug-likeness (QED) is 0.123. The first-order valence-corrected chi connectivity index (χ1v) is 14.0. The van der Waals surface area contributed by atoms with Crippen LogP contribution in [0.4, 0.5) is 0 Å². The van der Waals surface area contributed by atoms with Gasteiger partial charge in [-0.25, -0.2) is 0 Å². The number of rotatable bonds is 27. The van der Waals surface area contributed by atoms with E-state index in [4.69, 9.17) is 0 Å². The van der Waals surface area contributed by atoms with Crippen molar-refractivity contribution in [1.29, 1.82) is 0 Å². The smallest absolute Gasteiger partial charge is 0.550 e. The van der Waals surface area contributed by atoms with Gasteiger partial charge in [-0.2, -0.15) is 0 Å². The molecule has 0 heterocycles. The number of hydrogen-bond donors (Lipinski definition) is 0. The third-order valence-electron chi connectivity index (χ3n) is 6.51. The Morgan fingerprint density at radius 3 is 0.529 bits per heavy atom. The van der Waals surface area contributed by atoms with Gasteiger partial charge in [-0.15, -0.1) is 0 Å². The van der Waals surface area contributed by atoms with Gasteiger partial charge in [-0.1, -0.05) is 141 Å². The molecule has 6 heteroatoms. The summed E-state index contributed by atoms with van der Waals surface area (Å²) in [5.41, 5.74) is 0. The molecule has 0 N–H and O–H groups in total. The number of unbranched alkanes of at least 4 members (excludes halogenated alkanes) is 23. The molecule has 0 aliphatic carbocycles. The molecule has 0 bridgehead atoms. The van der Waals surface area contributed by atoms with Gasteiger partial charge in [0.05, 0.1) is 0 Å². The molecule has 4 nitrogen and oxygen atoms in total. The largest absolute Gasteiger partial charge is 1.00 e. The normalized spacial score (nSPS) is 10.5. The van der Waals surface area contributed by atoms with Crippen LogP contribution in [0.1, 0.15) is 167 Å². The van der Waals surface area contributed by atoms with Crippen LogP contribution in [-0.4, -0.2) is 11.9 Å². The molecule has 0 aromatic carbocycles. The van der Waals surface area contributed by atoms with E-state index in [1.807, 2.05) is 0 Å². The number of carbonyl (C=O) groups excluding carboxylic acids is 2. The van der Waals surface area contributed by atoms with Gasteiger partial charge in [0.15, 0.2) is 0 Å². The van der Waals surface area contributed by atoms with Gasteiger partial charge < -0.3 is 19.8 Å². The summed E-state index contributed by atoms with van der Waals surface area (Å²) < 4.78 is 0. The molecule has 0 saturated carbocycles. The van der Waals surface area contributed by atoms with Gasteiger partial charge in [0.1, 0.15) is 0 Å². The summed E-state index contributed by atoms with van der Waals surface area (Å²) in [5, 5.41) is 20.6. The Labute approximate surface area is 255 Å². The molecule has 190 valence electrons. The Morgan fingerprint density at radius 2 is 0.412 bits per heavy atom. The van der Waals surface area contributed by atoms with Crippen LogP contribution >= 0.6 is 0 Å². The third-order valence-corrected chi connectivity index (χ3v) is 6.51. The third kappa shape index (κ3) is 37.5. The van der Waals surface area contributed by atoms with Crippen molar-refractivity contribution in [2.75, 3.05) is 0 Å². The zero-order valence-electron chi connectivity index (χ0n) is 23.0. The van der Waals surface area contributed by atoms with E-state index in [1.54, 1.807) is 0 Å². The number of carboxylic acid groups (broad SMARTS) is 2. The molecule has 0 aliphatic rings. The predicted octanol–water partition coefficient (Wildman–Crippen LogP) is 0.637. The second-order valence-corrected chi connectivity index (χ2v) is 9.73. The van der Waals surface area contributed by atoms with Crippen molar-refractivity contribution in [2.24, 2.45) is 0 Å². The Balaban J connectivity index is -0.00000480. The summed E-state index contributed by atoms with van der Waals surface area (Å²) in [7, 11) is 0. The molecule has 0 radical (unpaired) electrons. The maximum absolute atomic E-state index is 10.3. The van der Waals surface area contributed by atoms with Gasteiger partial charge >= 0.3 is 59.1 Å². The fraction of sp³-hybridized carbons (Fsp3) is 0.929. The Kier molecular flexibility index (Phi) is 39.4. The van der Waals surface area contributed by atoms with E-state index in [-0.39, 0.29) is 72.0 Å². The van der Waals surface area contributed by atoms with Crippen LogP contribution in [0, 0.1) is 0 Å². The summed E-state index contributed by atoms with van der Waals surface area (Å²) in [4.78, 5) is 20.6. The molecule has 34 heavy (non-hydrogen) atoms. The molecule has 0 aromatic rings. The molecule has 0 unspecified atom stereocenters. The number of aliphatic carboxylic acids is 2. The SMILES string of the molecule is O=C([O-])CCCCCCCCCCCCCCCCCCCCCCCCCCC(=O)[O-].[Na+].[Na+]. The van der Waals surface area contributed by atoms with E-state index in [1.165, 1.54) is 128 Å². The van der Waals surface area contributed by atoms with Crippen LogP contribution in [0.15, 0.2) is 0 Å². The van der Waals surface area contributed by atoms with E-state index < -0.39 is 11.9 Å². The van der Waals surface area contributed by atoms with Crippen LogP contribution in [0.3, 0.4) is 0 Å². The van der Waals surface area contributed by atoms with Crippen LogP contribution in [0.2, 0.25) is 0 Å². The standard InChI is InChI=1S/C28H54O4.2Na/c29-27(30)25-23-21-19-17-15-13-11-9-7-5-3-1-2-4-6-8-10-12-14-16-18-20-22-24-26-28(31)32;;/h1-26H2,(H,29,30)(H,31,32);;/q;2*+1/p-2. The molecule has 0 aromatic heterocycles. The molecule has 0 amide bonds. The summed E-state index contributed by atoms with van der Waals surface area (Å²) in [6, 6.07) is 0. The maximum Gasteiger partial charge on any atom is 1.00 e. The minimum atomic E-state index is -0.911. The second kappa shape index (κ2) is 33.9. The molecule has 0 saturated heterocycles. The Morgan fingerprint density at radius 1 is 0.294 bits per heavy atom. The molecular formula is C28H52Na2O4. The van der Waals surface area contributed by atoms with E-state index in [0.717, 1.165) is 25.7 Å². The number of hydrogen-bond acceptors (Lipinski definition) is 4. The van der Waals surface area contributed by atoms with E-state index in [9.17, 15) is 19.8 Å². The van der Waals surface area contributed by atoms with Crippen molar-refractivity contribution in [3.63, 3.8) is 0 Å². The minimum Gasteiger partial charge on any atom is -0.550 e. The van der Waals surface area contributed by atoms with Crippen molar-refractivity contribution >= 4 is 11.9 Å². The van der Waals surface area contributed by atoms with Gasteiger partial charge in [0, 0.05) is 11.9 Å². The monoisotopic (exact) mass is 498 g/mol. The van der Waals surface area contributed by atoms with Crippen LogP contribution < -0.4 is 69.3 Å². The molecule has 0 aliphatic heterocycles. The molecule has 0 atom stereocenters. The van der Waals surface area contributed by atoms with Gasteiger partial charge in [0.25, 0.3) is 0 Å². The summed E-state index contributed by atoms with van der Waals surface area (Å²) in [6.07, 6.45) is 30.9. The maximum atomic E-state index is 10.3. The average Bonchev–Trinajstić information content (AvgIpc) is 2.75. The first-order valence-electron chi connectivity index (χ1n) is 14.0. The zero-order chi connectivity index (χ0) is 23.5. The fourth-order valence-corrected chi connectivity index (χ4v) is 4.43. The van der Waals surface area contributed by atoms with Crippen molar-refractivity contribution in [3.8, 4) is 0 Å². The van der Waals surface area contributed by atoms with Crippen LogP contribution in [0.5, 0.6) is 0 Å². The first-order chi connectivity index (χ1) is 15.6. The zero-order valence-corrected chi connectivity index (χ0v) is 27.0. The van der Waals surface area contributed by atoms with Crippen molar-refractivity contribution in [1.82, 2.24) is 0 Å². The Hall–Kier alpha value is 0.940. The minimum absolute atomic E-state index is 0. The fourth-order valence-electron chi connectivity index (χ4n) is 4.43. The second-order valence-electron chi connectivity index (χ2n) is 9.73. The average molecular weight is 499 g/mol. The van der Waals surface area contributed by atoms with Gasteiger partial charge in [0.2, 0.25) is 0 Å². The van der Waals surface area contributed by atoms with Gasteiger partial charge in [-0.3, -0.25) is 0 Å². The molecule has 0 fully saturated rings. The van der Waals surface area contributed by atoms with Gasteiger partial charge in [-0.05, 0) is 25.7 Å². The molecular weight excluding hydrogens is 446 g/mol. The summed E-state index contributed by atoms with van der Waals surface area (Å²) in [5.74, 6) is -1.82. The van der Waals surface area contributed by atoms with E-state index >= 15 is 0 Å². The van der Waals surface area contributed by atoms with Crippen molar-refractivity contribution in [2.45, 2.75) is 167 Å². The van der Waals surface area contributed by atoms with E-state index in [0.29, 0.717) is 0 Å². The van der Waals surface area contributed by atoms with E-state index in [2.05, 4.69) is 0 Å².